The largest absolute Gasteiger partial charge is 0.493 e. The van der Waals surface area contributed by atoms with Crippen LogP contribution >= 0.6 is 23.1 Å². The fourth-order valence-electron chi connectivity index (χ4n) is 9.73. The van der Waals surface area contributed by atoms with Crippen molar-refractivity contribution in [2.75, 3.05) is 13.2 Å². The maximum absolute atomic E-state index is 11.2. The van der Waals surface area contributed by atoms with Crippen LogP contribution in [0.2, 0.25) is 0 Å². The fraction of sp³-hybridized carbons (Fsp3) is 0.404. The number of aromatic amines is 2. The normalized spacial score (nSPS) is 18.8. The SMILES string of the molecule is CCCCCCCC(CC)C(CC)COc1ccc(-c2[nH]c(=C(C#N)c3nc4ccccc4s3)c3c(-c4ccc(OCC(C)CCC)cc4)[nH]c(=C(C#N)C4=NC5C=CC=CC5(C)S4)c23)cc1. The zero-order chi connectivity index (χ0) is 46.9. The van der Waals surface area contributed by atoms with Gasteiger partial charge in [-0.25, -0.2) is 4.98 Å². The molecule has 0 fully saturated rings. The van der Waals surface area contributed by atoms with Gasteiger partial charge in [-0.3, -0.25) is 4.99 Å². The molecule has 3 aromatic heterocycles. The highest BCUT2D eigenvalue weighted by molar-refractivity contribution is 8.16. The average molecular weight is 929 g/mol. The zero-order valence-electron chi connectivity index (χ0n) is 40.0. The lowest BCUT2D eigenvalue weighted by molar-refractivity contribution is 0.175. The van der Waals surface area contributed by atoms with Gasteiger partial charge in [0.05, 0.1) is 56.3 Å². The second-order valence-electron chi connectivity index (χ2n) is 18.5. The van der Waals surface area contributed by atoms with Crippen molar-refractivity contribution in [2.24, 2.45) is 22.7 Å². The second-order valence-corrected chi connectivity index (χ2v) is 21.0. The summed E-state index contributed by atoms with van der Waals surface area (Å²) in [4.78, 5) is 17.7. The van der Waals surface area contributed by atoms with Gasteiger partial charge in [0.1, 0.15) is 44.8 Å². The number of benzene rings is 3. The summed E-state index contributed by atoms with van der Waals surface area (Å²) in [5.41, 5.74) is 5.08. The molecule has 8 nitrogen and oxygen atoms in total. The van der Waals surface area contributed by atoms with Gasteiger partial charge in [0, 0.05) is 10.8 Å². The number of H-pyrrole nitrogens is 2. The number of rotatable bonds is 21. The number of fused-ring (bicyclic) bond motifs is 3. The highest BCUT2D eigenvalue weighted by Crippen LogP contribution is 2.44. The second kappa shape index (κ2) is 21.9. The summed E-state index contributed by atoms with van der Waals surface area (Å²) in [5, 5.41) is 26.5. The third-order valence-corrected chi connectivity index (χ3v) is 16.0. The number of allylic oxidation sites excluding steroid dienone is 2. The molecule has 1 aliphatic carbocycles. The van der Waals surface area contributed by atoms with E-state index in [9.17, 15) is 10.5 Å². The molecule has 1 aliphatic heterocycles. The summed E-state index contributed by atoms with van der Waals surface area (Å²) in [6.07, 6.45) is 20.6. The maximum Gasteiger partial charge on any atom is 0.137 e. The Hall–Kier alpha value is -5.81. The predicted molar refractivity (Wildman–Crippen MR) is 281 cm³/mol. The molecule has 346 valence electrons. The number of nitrogens with one attached hydrogen (secondary N) is 2. The van der Waals surface area contributed by atoms with Crippen molar-refractivity contribution in [1.29, 1.82) is 10.5 Å². The molecule has 0 amide bonds. The minimum atomic E-state index is -0.315. The molecule has 4 heterocycles. The molecule has 5 unspecified atom stereocenters. The summed E-state index contributed by atoms with van der Waals surface area (Å²) in [6.45, 7) is 14.8. The molecule has 8 rings (SSSR count). The summed E-state index contributed by atoms with van der Waals surface area (Å²) in [5.74, 6) is 3.19. The Morgan fingerprint density at radius 1 is 0.731 bits per heavy atom. The van der Waals surface area contributed by atoms with Gasteiger partial charge in [0.2, 0.25) is 0 Å². The molecule has 2 N–H and O–H groups in total. The Bertz CT molecular complexity index is 2940. The Morgan fingerprint density at radius 3 is 1.96 bits per heavy atom. The van der Waals surface area contributed by atoms with Gasteiger partial charge < -0.3 is 19.4 Å². The van der Waals surface area contributed by atoms with Crippen molar-refractivity contribution in [3.05, 3.63) is 113 Å². The van der Waals surface area contributed by atoms with E-state index in [0.29, 0.717) is 62.9 Å². The lowest BCUT2D eigenvalue weighted by atomic mass is 9.84. The van der Waals surface area contributed by atoms with Crippen molar-refractivity contribution in [3.8, 4) is 46.2 Å². The highest BCUT2D eigenvalue weighted by atomic mass is 32.2. The lowest BCUT2D eigenvalue weighted by Crippen LogP contribution is -2.28. The molecule has 3 aromatic carbocycles. The number of hydrogen-bond donors (Lipinski definition) is 2. The van der Waals surface area contributed by atoms with E-state index in [0.717, 1.165) is 80.7 Å². The van der Waals surface area contributed by atoms with E-state index in [2.05, 4.69) is 106 Å². The van der Waals surface area contributed by atoms with Crippen molar-refractivity contribution >= 4 is 60.3 Å². The van der Waals surface area contributed by atoms with E-state index in [1.54, 1.807) is 11.8 Å². The monoisotopic (exact) mass is 928 g/mol. The third-order valence-electron chi connectivity index (χ3n) is 13.6. The van der Waals surface area contributed by atoms with Crippen LogP contribution in [-0.2, 0) is 0 Å². The third kappa shape index (κ3) is 10.4. The van der Waals surface area contributed by atoms with Crippen LogP contribution in [0.3, 0.4) is 0 Å². The first-order chi connectivity index (χ1) is 32.7. The van der Waals surface area contributed by atoms with Crippen LogP contribution in [0.4, 0.5) is 0 Å². The van der Waals surface area contributed by atoms with E-state index >= 15 is 0 Å². The summed E-state index contributed by atoms with van der Waals surface area (Å²) in [7, 11) is 0. The number of aliphatic imine (C=N–C) groups is 1. The van der Waals surface area contributed by atoms with Gasteiger partial charge in [0.25, 0.3) is 0 Å². The smallest absolute Gasteiger partial charge is 0.137 e. The van der Waals surface area contributed by atoms with Crippen LogP contribution in [0.1, 0.15) is 111 Å². The molecule has 0 radical (unpaired) electrons. The molecule has 2 aliphatic rings. The summed E-state index contributed by atoms with van der Waals surface area (Å²) < 4.78 is 13.5. The van der Waals surface area contributed by atoms with Gasteiger partial charge in [-0.05, 0) is 109 Å². The van der Waals surface area contributed by atoms with E-state index in [1.807, 2.05) is 54.6 Å². The zero-order valence-corrected chi connectivity index (χ0v) is 41.6. The number of aromatic nitrogens is 3. The van der Waals surface area contributed by atoms with E-state index in [-0.39, 0.29) is 10.8 Å². The molecule has 67 heavy (non-hydrogen) atoms. The molecular formula is C57H64N6O2S2. The first kappa shape index (κ1) is 47.7. The van der Waals surface area contributed by atoms with Crippen LogP contribution in [0.15, 0.2) is 102 Å². The molecule has 10 heteroatoms. The topological polar surface area (TPSA) is 123 Å². The molecule has 0 spiro atoms. The Morgan fingerprint density at radius 2 is 1.36 bits per heavy atom. The minimum absolute atomic E-state index is 0.101. The van der Waals surface area contributed by atoms with Crippen LogP contribution in [0.25, 0.3) is 54.7 Å². The maximum atomic E-state index is 11.2. The Balaban J connectivity index is 1.28. The Labute approximate surface area is 404 Å². The number of nitriles is 2. The number of para-hydroxylation sites is 1. The quantitative estimate of drug-likeness (QED) is 0.0693. The van der Waals surface area contributed by atoms with Crippen molar-refractivity contribution in [1.82, 2.24) is 15.0 Å². The molecular weight excluding hydrogens is 865 g/mol. The van der Waals surface area contributed by atoms with Gasteiger partial charge >= 0.3 is 0 Å². The van der Waals surface area contributed by atoms with Crippen LogP contribution in [0.5, 0.6) is 11.5 Å². The lowest BCUT2D eigenvalue weighted by Gasteiger charge is -2.25. The first-order valence-corrected chi connectivity index (χ1v) is 26.1. The number of unbranched alkanes of at least 4 members (excludes halogenated alkanes) is 4. The molecule has 6 aromatic rings. The summed E-state index contributed by atoms with van der Waals surface area (Å²) >= 11 is 3.11. The van der Waals surface area contributed by atoms with Gasteiger partial charge in [-0.1, -0.05) is 134 Å². The Kier molecular flexibility index (Phi) is 15.6. The number of thioether (sulfide) groups is 1. The first-order valence-electron chi connectivity index (χ1n) is 24.5. The van der Waals surface area contributed by atoms with Crippen molar-refractivity contribution in [2.45, 2.75) is 117 Å². The van der Waals surface area contributed by atoms with Crippen molar-refractivity contribution in [3.63, 3.8) is 0 Å². The van der Waals surface area contributed by atoms with Gasteiger partial charge in [-0.2, -0.15) is 10.5 Å². The highest BCUT2D eigenvalue weighted by Gasteiger charge is 2.40. The molecule has 5 atom stereocenters. The van der Waals surface area contributed by atoms with Crippen LogP contribution < -0.4 is 20.2 Å². The number of nitrogens with zero attached hydrogens (tertiary/aromatic N) is 4. The minimum Gasteiger partial charge on any atom is -0.493 e. The van der Waals surface area contributed by atoms with Gasteiger partial charge in [-0.15, -0.1) is 11.3 Å². The van der Waals surface area contributed by atoms with E-state index in [4.69, 9.17) is 19.5 Å². The number of thiazole rings is 1. The molecule has 0 bridgehead atoms. The molecule has 0 saturated heterocycles. The molecule has 0 saturated carbocycles. The van der Waals surface area contributed by atoms with Crippen molar-refractivity contribution < 1.29 is 9.47 Å². The van der Waals surface area contributed by atoms with E-state index < -0.39 is 0 Å². The predicted octanol–water partition coefficient (Wildman–Crippen LogP) is 13.8. The number of hydrogen-bond acceptors (Lipinski definition) is 8. The van der Waals surface area contributed by atoms with Gasteiger partial charge in [0.15, 0.2) is 0 Å². The van der Waals surface area contributed by atoms with Crippen LogP contribution in [0, 0.1) is 40.4 Å². The fourth-order valence-corrected chi connectivity index (χ4v) is 11.9. The van der Waals surface area contributed by atoms with E-state index in [1.165, 1.54) is 49.9 Å². The van der Waals surface area contributed by atoms with Crippen LogP contribution in [-0.4, -0.2) is 44.0 Å². The summed E-state index contributed by atoms with van der Waals surface area (Å²) in [6, 6.07) is 29.4. The standard InChI is InChI=1S/C57H64N6O2S2/c1-7-11-12-13-14-20-38(9-3)39(10-4)36-65-43-30-26-41(27-31-43)52-50-49(53(62-52)44(33-58)55-60-46-21-15-16-22-47(46)66-55)51(40-24-28-42(29-25-40)64-35-37(5)19-8-2)63-54(50)45(34-59)56-61-48-23-17-18-32-57(48,6)67-56/h15-18,21-32,37-39,48,62-63H,7-14,19-20,35-36H2,1-6H3. The average Bonchev–Trinajstić information content (AvgIpc) is 4.13. The number of ether oxygens (including phenoxy) is 2.